The van der Waals surface area contributed by atoms with Gasteiger partial charge in [0.15, 0.2) is 0 Å². The highest BCUT2D eigenvalue weighted by atomic mass is 19.1. The highest BCUT2D eigenvalue weighted by molar-refractivity contribution is 5.97. The number of ether oxygens (including phenoxy) is 1. The van der Waals surface area contributed by atoms with Crippen molar-refractivity contribution in [1.29, 1.82) is 0 Å². The largest absolute Gasteiger partial charge is 0.492 e. The van der Waals surface area contributed by atoms with Crippen LogP contribution in [0.25, 0.3) is 11.3 Å². The fourth-order valence-corrected chi connectivity index (χ4v) is 5.11. The Morgan fingerprint density at radius 2 is 1.78 bits per heavy atom. The molecular formula is C28H37FN4O3. The molecule has 3 heterocycles. The molecule has 194 valence electrons. The van der Waals surface area contributed by atoms with Gasteiger partial charge in [-0.3, -0.25) is 14.6 Å². The number of benzene rings is 1. The molecule has 0 aliphatic carbocycles. The van der Waals surface area contributed by atoms with Crippen LogP contribution in [0.15, 0.2) is 42.6 Å². The number of amides is 2. The smallest absolute Gasteiger partial charge is 0.254 e. The molecule has 2 aliphatic heterocycles. The number of carbonyl (C=O) groups is 2. The first-order chi connectivity index (χ1) is 17.2. The molecule has 2 amide bonds. The van der Waals surface area contributed by atoms with Crippen molar-refractivity contribution in [1.82, 2.24) is 14.8 Å². The van der Waals surface area contributed by atoms with Crippen molar-refractivity contribution < 1.29 is 18.7 Å². The number of primary amides is 1. The number of pyridine rings is 1. The Kier molecular flexibility index (Phi) is 8.24. The molecule has 1 atom stereocenters. The van der Waals surface area contributed by atoms with Crippen LogP contribution in [0.2, 0.25) is 0 Å². The molecule has 2 N–H and O–H groups in total. The van der Waals surface area contributed by atoms with Crippen LogP contribution in [0, 0.1) is 5.92 Å². The lowest BCUT2D eigenvalue weighted by Gasteiger charge is -2.34. The number of likely N-dealkylation sites (tertiary alicyclic amines) is 2. The lowest BCUT2D eigenvalue weighted by molar-refractivity contribution is -0.123. The summed E-state index contributed by atoms with van der Waals surface area (Å²) in [5, 5.41) is 0. The van der Waals surface area contributed by atoms with Gasteiger partial charge in [0.2, 0.25) is 5.91 Å². The predicted octanol–water partition coefficient (Wildman–Crippen LogP) is 4.07. The quantitative estimate of drug-likeness (QED) is 0.595. The maximum Gasteiger partial charge on any atom is 0.254 e. The number of rotatable bonds is 8. The normalized spacial score (nSPS) is 19.8. The molecular weight excluding hydrogens is 459 g/mol. The van der Waals surface area contributed by atoms with Gasteiger partial charge in [-0.2, -0.15) is 0 Å². The third-order valence-corrected chi connectivity index (χ3v) is 7.05. The molecule has 8 heteroatoms. The zero-order valence-electron chi connectivity index (χ0n) is 21.3. The van der Waals surface area contributed by atoms with E-state index >= 15 is 0 Å². The minimum atomic E-state index is -1.16. The van der Waals surface area contributed by atoms with Crippen molar-refractivity contribution in [3.63, 3.8) is 0 Å². The molecule has 0 radical (unpaired) electrons. The molecule has 0 unspecified atom stereocenters. The number of carbonyl (C=O) groups excluding carboxylic acids is 2. The average Bonchev–Trinajstić information content (AvgIpc) is 2.87. The first kappa shape index (κ1) is 26.1. The van der Waals surface area contributed by atoms with Gasteiger partial charge in [-0.15, -0.1) is 0 Å². The SMILES string of the molecule is CC(C)(F)CN1CCC(COc2ccc(-c3ccc(C(=O)N4CCCC[C@@H]4C(N)=O)cc3)nc2)CC1. The molecule has 2 aromatic rings. The summed E-state index contributed by atoms with van der Waals surface area (Å²) in [5.74, 6) is 0.571. The molecule has 0 spiro atoms. The van der Waals surface area contributed by atoms with Gasteiger partial charge in [0.05, 0.1) is 18.5 Å². The summed E-state index contributed by atoms with van der Waals surface area (Å²) in [5.41, 5.74) is 6.57. The molecule has 36 heavy (non-hydrogen) atoms. The summed E-state index contributed by atoms with van der Waals surface area (Å²) >= 11 is 0. The molecule has 2 saturated heterocycles. The van der Waals surface area contributed by atoms with Crippen molar-refractivity contribution >= 4 is 11.8 Å². The third kappa shape index (κ3) is 6.81. The Balaban J connectivity index is 1.29. The molecule has 1 aromatic heterocycles. The molecule has 2 fully saturated rings. The van der Waals surface area contributed by atoms with Gasteiger partial charge in [-0.25, -0.2) is 4.39 Å². The zero-order chi connectivity index (χ0) is 25.7. The third-order valence-electron chi connectivity index (χ3n) is 7.05. The molecule has 0 bridgehead atoms. The number of halogens is 1. The number of hydrogen-bond acceptors (Lipinski definition) is 5. The van der Waals surface area contributed by atoms with Gasteiger partial charge < -0.3 is 20.3 Å². The summed E-state index contributed by atoms with van der Waals surface area (Å²) in [6, 6.07) is 10.6. The number of aromatic nitrogens is 1. The molecule has 1 aromatic carbocycles. The Morgan fingerprint density at radius 1 is 1.06 bits per heavy atom. The van der Waals surface area contributed by atoms with E-state index in [1.54, 1.807) is 37.1 Å². The summed E-state index contributed by atoms with van der Waals surface area (Å²) in [4.78, 5) is 33.0. The first-order valence-corrected chi connectivity index (χ1v) is 12.9. The van der Waals surface area contributed by atoms with Gasteiger partial charge in [0.1, 0.15) is 17.5 Å². The van der Waals surface area contributed by atoms with Gasteiger partial charge in [0.25, 0.3) is 5.91 Å². The van der Waals surface area contributed by atoms with E-state index in [1.807, 2.05) is 24.3 Å². The van der Waals surface area contributed by atoms with E-state index in [9.17, 15) is 14.0 Å². The second-order valence-corrected chi connectivity index (χ2v) is 10.6. The molecule has 7 nitrogen and oxygen atoms in total. The summed E-state index contributed by atoms with van der Waals surface area (Å²) in [6.45, 7) is 6.72. The summed E-state index contributed by atoms with van der Waals surface area (Å²) in [7, 11) is 0. The van der Waals surface area contributed by atoms with Gasteiger partial charge in [0, 0.05) is 24.2 Å². The lowest BCUT2D eigenvalue weighted by Crippen LogP contribution is -2.50. The van der Waals surface area contributed by atoms with E-state index in [1.165, 1.54) is 0 Å². The summed E-state index contributed by atoms with van der Waals surface area (Å²) in [6.07, 6.45) is 6.13. The minimum Gasteiger partial charge on any atom is -0.492 e. The second-order valence-electron chi connectivity index (χ2n) is 10.6. The Hall–Kier alpha value is -3.00. The monoisotopic (exact) mass is 496 g/mol. The standard InChI is InChI=1S/C28H37FN4O3/c1-28(2,29)19-32-15-12-20(13-16-32)18-36-23-10-11-24(31-17-23)21-6-8-22(9-7-21)27(35)33-14-4-3-5-25(33)26(30)34/h6-11,17,20,25H,3-5,12-16,18-19H2,1-2H3,(H2,30,34)/t25-/m1/s1. The van der Waals surface area contributed by atoms with Crippen molar-refractivity contribution in [2.75, 3.05) is 32.8 Å². The van der Waals surface area contributed by atoms with E-state index in [0.29, 0.717) is 37.6 Å². The van der Waals surface area contributed by atoms with E-state index in [4.69, 9.17) is 10.5 Å². The fourth-order valence-electron chi connectivity index (χ4n) is 5.11. The second kappa shape index (κ2) is 11.4. The van der Waals surface area contributed by atoms with Crippen LogP contribution >= 0.6 is 0 Å². The first-order valence-electron chi connectivity index (χ1n) is 12.9. The molecule has 4 rings (SSSR count). The van der Waals surface area contributed by atoms with Crippen LogP contribution < -0.4 is 10.5 Å². The highest BCUT2D eigenvalue weighted by Gasteiger charge is 2.31. The topological polar surface area (TPSA) is 88.8 Å². The average molecular weight is 497 g/mol. The highest BCUT2D eigenvalue weighted by Crippen LogP contribution is 2.25. The van der Waals surface area contributed by atoms with E-state index < -0.39 is 17.6 Å². The number of piperidine rings is 2. The van der Waals surface area contributed by atoms with Gasteiger partial charge in [-0.1, -0.05) is 12.1 Å². The predicted molar refractivity (Wildman–Crippen MR) is 137 cm³/mol. The van der Waals surface area contributed by atoms with Crippen LogP contribution in [-0.2, 0) is 4.79 Å². The van der Waals surface area contributed by atoms with Gasteiger partial charge >= 0.3 is 0 Å². The van der Waals surface area contributed by atoms with Crippen molar-refractivity contribution in [2.24, 2.45) is 11.7 Å². The van der Waals surface area contributed by atoms with Crippen LogP contribution in [0.5, 0.6) is 5.75 Å². The number of hydrogen-bond donors (Lipinski definition) is 1. The maximum absolute atomic E-state index is 13.9. The lowest BCUT2D eigenvalue weighted by atomic mass is 9.97. The van der Waals surface area contributed by atoms with Crippen LogP contribution in [0.3, 0.4) is 0 Å². The summed E-state index contributed by atoms with van der Waals surface area (Å²) < 4.78 is 19.8. The van der Waals surface area contributed by atoms with E-state index in [-0.39, 0.29) is 5.91 Å². The van der Waals surface area contributed by atoms with E-state index in [2.05, 4.69) is 9.88 Å². The molecule has 0 saturated carbocycles. The number of nitrogens with zero attached hydrogens (tertiary/aromatic N) is 3. The van der Waals surface area contributed by atoms with E-state index in [0.717, 1.165) is 55.8 Å². The Bertz CT molecular complexity index is 1030. The van der Waals surface area contributed by atoms with Crippen molar-refractivity contribution in [3.8, 4) is 17.0 Å². The Labute approximate surface area is 212 Å². The van der Waals surface area contributed by atoms with Crippen LogP contribution in [-0.4, -0.2) is 71.1 Å². The van der Waals surface area contributed by atoms with Crippen molar-refractivity contribution in [3.05, 3.63) is 48.2 Å². The zero-order valence-corrected chi connectivity index (χ0v) is 21.3. The Morgan fingerprint density at radius 3 is 2.39 bits per heavy atom. The van der Waals surface area contributed by atoms with Crippen LogP contribution in [0.1, 0.15) is 56.3 Å². The fraction of sp³-hybridized carbons (Fsp3) is 0.536. The number of alkyl halides is 1. The maximum atomic E-state index is 13.9. The number of nitrogens with two attached hydrogens (primary N) is 1. The van der Waals surface area contributed by atoms with Crippen LogP contribution in [0.4, 0.5) is 4.39 Å². The molecule has 2 aliphatic rings. The minimum absolute atomic E-state index is 0.166. The van der Waals surface area contributed by atoms with Gasteiger partial charge in [-0.05, 0) is 89.2 Å². The van der Waals surface area contributed by atoms with Crippen molar-refractivity contribution in [2.45, 2.75) is 57.7 Å².